The SMILES string of the molecule is CCCCOC(=O)N1CCN(C(=O)[C@H](CCC(=O)O)NC(=O)c2cc(OCC3CCN(C(C)=O)CC3)cc(-c3ccccc3)n2)CC1. The molecular weight excluding hydrogens is 606 g/mol. The number of pyridine rings is 1. The van der Waals surface area contributed by atoms with Crippen LogP contribution in [-0.2, 0) is 19.1 Å². The van der Waals surface area contributed by atoms with Crippen molar-refractivity contribution in [1.29, 1.82) is 0 Å². The number of aromatic nitrogens is 1. The van der Waals surface area contributed by atoms with E-state index in [4.69, 9.17) is 9.47 Å². The third-order valence-electron chi connectivity index (χ3n) is 8.47. The molecule has 0 saturated carbocycles. The van der Waals surface area contributed by atoms with Gasteiger partial charge in [-0.3, -0.25) is 19.2 Å². The molecule has 1 atom stereocenters. The Kier molecular flexibility index (Phi) is 12.9. The lowest BCUT2D eigenvalue weighted by Gasteiger charge is -2.36. The summed E-state index contributed by atoms with van der Waals surface area (Å²) in [5, 5.41) is 12.1. The summed E-state index contributed by atoms with van der Waals surface area (Å²) in [7, 11) is 0. The molecule has 0 aliphatic carbocycles. The second-order valence-electron chi connectivity index (χ2n) is 11.9. The molecule has 1 aromatic carbocycles. The number of nitrogens with zero attached hydrogens (tertiary/aromatic N) is 4. The van der Waals surface area contributed by atoms with E-state index >= 15 is 0 Å². The van der Waals surface area contributed by atoms with Crippen molar-refractivity contribution in [2.45, 2.75) is 58.4 Å². The number of carboxylic acids is 1. The number of likely N-dealkylation sites (tertiary alicyclic amines) is 1. The number of piperidine rings is 1. The van der Waals surface area contributed by atoms with Gasteiger partial charge in [-0.25, -0.2) is 9.78 Å². The fourth-order valence-electron chi connectivity index (χ4n) is 5.57. The lowest BCUT2D eigenvalue weighted by atomic mass is 9.98. The van der Waals surface area contributed by atoms with Crippen molar-refractivity contribution in [2.75, 3.05) is 52.5 Å². The molecule has 2 N–H and O–H groups in total. The summed E-state index contributed by atoms with van der Waals surface area (Å²) in [5.74, 6) is -1.41. The molecule has 4 rings (SSSR count). The minimum Gasteiger partial charge on any atom is -0.493 e. The van der Waals surface area contributed by atoms with E-state index in [1.165, 1.54) is 15.9 Å². The third kappa shape index (κ3) is 10.4. The summed E-state index contributed by atoms with van der Waals surface area (Å²) in [6.45, 7) is 6.66. The number of piperazine rings is 1. The van der Waals surface area contributed by atoms with Crippen molar-refractivity contribution in [3.63, 3.8) is 0 Å². The van der Waals surface area contributed by atoms with Gasteiger partial charge in [0, 0.05) is 70.3 Å². The van der Waals surface area contributed by atoms with Crippen LogP contribution in [0.25, 0.3) is 11.3 Å². The Labute approximate surface area is 275 Å². The molecule has 0 spiro atoms. The minimum atomic E-state index is -1.11. The molecule has 47 heavy (non-hydrogen) atoms. The number of unbranched alkanes of at least 4 members (excludes halogenated alkanes) is 1. The molecule has 0 radical (unpaired) electrons. The van der Waals surface area contributed by atoms with Crippen LogP contribution in [0.3, 0.4) is 0 Å². The number of hydrogen-bond donors (Lipinski definition) is 2. The van der Waals surface area contributed by atoms with Crippen LogP contribution in [0.15, 0.2) is 42.5 Å². The van der Waals surface area contributed by atoms with Gasteiger partial charge in [0.2, 0.25) is 11.8 Å². The summed E-state index contributed by atoms with van der Waals surface area (Å²) in [5.41, 5.74) is 1.31. The van der Waals surface area contributed by atoms with Gasteiger partial charge in [0.05, 0.1) is 18.9 Å². The Morgan fingerprint density at radius 2 is 1.64 bits per heavy atom. The molecule has 2 aliphatic heterocycles. The highest BCUT2D eigenvalue weighted by Gasteiger charge is 2.31. The van der Waals surface area contributed by atoms with E-state index in [1.54, 1.807) is 13.0 Å². The quantitative estimate of drug-likeness (QED) is 0.310. The van der Waals surface area contributed by atoms with Gasteiger partial charge in [0.1, 0.15) is 17.5 Å². The lowest BCUT2D eigenvalue weighted by molar-refractivity contribution is -0.138. The first-order valence-electron chi connectivity index (χ1n) is 16.3. The Morgan fingerprint density at radius 3 is 2.28 bits per heavy atom. The van der Waals surface area contributed by atoms with Gasteiger partial charge in [0.25, 0.3) is 5.91 Å². The summed E-state index contributed by atoms with van der Waals surface area (Å²) >= 11 is 0. The zero-order chi connectivity index (χ0) is 33.8. The van der Waals surface area contributed by atoms with Gasteiger partial charge in [-0.1, -0.05) is 43.7 Å². The van der Waals surface area contributed by atoms with Crippen LogP contribution in [-0.4, -0.2) is 113 Å². The Bertz CT molecular complexity index is 1390. The number of ether oxygens (including phenoxy) is 2. The molecule has 0 unspecified atom stereocenters. The van der Waals surface area contributed by atoms with Crippen molar-refractivity contribution < 1.29 is 38.6 Å². The minimum absolute atomic E-state index is 0.0283. The maximum absolute atomic E-state index is 13.6. The van der Waals surface area contributed by atoms with E-state index in [0.717, 1.165) is 31.2 Å². The lowest BCUT2D eigenvalue weighted by Crippen LogP contribution is -2.56. The van der Waals surface area contributed by atoms with Crippen LogP contribution >= 0.6 is 0 Å². The molecular formula is C34H45N5O8. The largest absolute Gasteiger partial charge is 0.493 e. The van der Waals surface area contributed by atoms with E-state index in [1.807, 2.05) is 42.2 Å². The summed E-state index contributed by atoms with van der Waals surface area (Å²) < 4.78 is 11.4. The number of carbonyl (C=O) groups is 5. The van der Waals surface area contributed by atoms with Crippen molar-refractivity contribution >= 4 is 29.8 Å². The highest BCUT2D eigenvalue weighted by atomic mass is 16.6. The molecule has 1 aromatic heterocycles. The average Bonchev–Trinajstić information content (AvgIpc) is 3.09. The number of carboxylic acid groups (broad SMARTS) is 1. The van der Waals surface area contributed by atoms with Crippen molar-refractivity contribution in [1.82, 2.24) is 25.0 Å². The maximum Gasteiger partial charge on any atom is 0.409 e. The number of amides is 4. The smallest absolute Gasteiger partial charge is 0.409 e. The molecule has 2 aliphatic rings. The van der Waals surface area contributed by atoms with E-state index in [9.17, 15) is 29.1 Å². The van der Waals surface area contributed by atoms with Crippen molar-refractivity contribution in [2.24, 2.45) is 5.92 Å². The van der Waals surface area contributed by atoms with Gasteiger partial charge in [-0.05, 0) is 31.6 Å². The van der Waals surface area contributed by atoms with Crippen molar-refractivity contribution in [3.05, 3.63) is 48.2 Å². The number of carbonyl (C=O) groups excluding carboxylic acids is 4. The predicted octanol–water partition coefficient (Wildman–Crippen LogP) is 3.43. The Balaban J connectivity index is 1.46. The number of hydrogen-bond acceptors (Lipinski definition) is 8. The van der Waals surface area contributed by atoms with E-state index in [2.05, 4.69) is 10.3 Å². The Hall–Kier alpha value is -4.68. The second-order valence-corrected chi connectivity index (χ2v) is 11.9. The van der Waals surface area contributed by atoms with Gasteiger partial charge in [-0.2, -0.15) is 0 Å². The summed E-state index contributed by atoms with van der Waals surface area (Å²) in [6.07, 6.45) is 2.44. The monoisotopic (exact) mass is 651 g/mol. The molecule has 2 saturated heterocycles. The molecule has 3 heterocycles. The number of benzene rings is 1. The normalized spacial score (nSPS) is 15.9. The predicted molar refractivity (Wildman–Crippen MR) is 173 cm³/mol. The molecule has 2 fully saturated rings. The topological polar surface area (TPSA) is 159 Å². The number of aliphatic carboxylic acids is 1. The van der Waals surface area contributed by atoms with Crippen LogP contribution in [0.5, 0.6) is 5.75 Å². The van der Waals surface area contributed by atoms with Gasteiger partial charge < -0.3 is 34.6 Å². The van der Waals surface area contributed by atoms with Crippen LogP contribution in [0, 0.1) is 5.92 Å². The van der Waals surface area contributed by atoms with E-state index in [-0.39, 0.29) is 56.5 Å². The average molecular weight is 652 g/mol. The second kappa shape index (κ2) is 17.3. The molecule has 13 heteroatoms. The van der Waals surface area contributed by atoms with Gasteiger partial charge >= 0.3 is 12.1 Å². The Morgan fingerprint density at radius 1 is 0.957 bits per heavy atom. The van der Waals surface area contributed by atoms with Crippen LogP contribution in [0.2, 0.25) is 0 Å². The molecule has 4 amide bonds. The summed E-state index contributed by atoms with van der Waals surface area (Å²) in [4.78, 5) is 72.2. The zero-order valence-corrected chi connectivity index (χ0v) is 27.2. The van der Waals surface area contributed by atoms with Gasteiger partial charge in [-0.15, -0.1) is 0 Å². The van der Waals surface area contributed by atoms with Crippen LogP contribution in [0.4, 0.5) is 4.79 Å². The van der Waals surface area contributed by atoms with E-state index in [0.29, 0.717) is 37.7 Å². The highest BCUT2D eigenvalue weighted by Crippen LogP contribution is 2.25. The number of nitrogens with one attached hydrogen (secondary N) is 1. The first-order valence-corrected chi connectivity index (χ1v) is 16.3. The number of rotatable bonds is 13. The molecule has 2 aromatic rings. The maximum atomic E-state index is 13.6. The molecule has 254 valence electrons. The first kappa shape index (κ1) is 35.2. The molecule has 13 nitrogen and oxygen atoms in total. The third-order valence-corrected chi connectivity index (χ3v) is 8.47. The van der Waals surface area contributed by atoms with Crippen molar-refractivity contribution in [3.8, 4) is 17.0 Å². The van der Waals surface area contributed by atoms with Crippen LogP contribution in [0.1, 0.15) is 62.9 Å². The molecule has 0 bridgehead atoms. The standard InChI is InChI=1S/C34H45N5O8/c1-3-4-20-46-34(45)39-18-16-38(17-19-39)33(44)28(10-11-31(41)42)36-32(43)30-22-27(21-29(35-30)26-8-6-5-7-9-26)47-23-25-12-14-37(15-13-25)24(2)40/h5-9,21-22,25,28H,3-4,10-20,23H2,1-2H3,(H,36,43)(H,41,42)/t28-/m0/s1. The fourth-order valence-corrected chi connectivity index (χ4v) is 5.57. The first-order chi connectivity index (χ1) is 22.6. The van der Waals surface area contributed by atoms with Crippen LogP contribution < -0.4 is 10.1 Å². The zero-order valence-electron chi connectivity index (χ0n) is 27.2. The fraction of sp³-hybridized carbons (Fsp3) is 0.529. The summed E-state index contributed by atoms with van der Waals surface area (Å²) in [6, 6.07) is 11.5. The highest BCUT2D eigenvalue weighted by molar-refractivity contribution is 5.97. The van der Waals surface area contributed by atoms with E-state index < -0.39 is 29.9 Å². The van der Waals surface area contributed by atoms with Gasteiger partial charge in [0.15, 0.2) is 0 Å².